The van der Waals surface area contributed by atoms with Crippen molar-refractivity contribution in [3.63, 3.8) is 0 Å². The van der Waals surface area contributed by atoms with E-state index in [2.05, 4.69) is 4.72 Å². The lowest BCUT2D eigenvalue weighted by Crippen LogP contribution is -2.52. The van der Waals surface area contributed by atoms with Crippen LogP contribution in [0.3, 0.4) is 0 Å². The van der Waals surface area contributed by atoms with E-state index in [9.17, 15) is 13.2 Å². The molecule has 3 rings (SSSR count). The topological polar surface area (TPSA) is 75.7 Å². The van der Waals surface area contributed by atoms with Gasteiger partial charge in [-0.3, -0.25) is 4.79 Å². The van der Waals surface area contributed by atoms with E-state index in [1.54, 1.807) is 0 Å². The molecule has 20 heavy (non-hydrogen) atoms. The Morgan fingerprint density at radius 1 is 1.40 bits per heavy atom. The maximum Gasteiger partial charge on any atom is 0.228 e. The molecule has 1 N–H and O–H groups in total. The van der Waals surface area contributed by atoms with Crippen molar-refractivity contribution < 1.29 is 17.9 Å². The normalized spacial score (nSPS) is 37.4. The number of hydrogen-bond donors (Lipinski definition) is 1. The van der Waals surface area contributed by atoms with Crippen LogP contribution in [0.4, 0.5) is 0 Å². The van der Waals surface area contributed by atoms with Gasteiger partial charge in [0.2, 0.25) is 15.9 Å². The van der Waals surface area contributed by atoms with Crippen LogP contribution in [0.2, 0.25) is 0 Å². The van der Waals surface area contributed by atoms with Crippen LogP contribution in [0.5, 0.6) is 0 Å². The van der Waals surface area contributed by atoms with Crippen molar-refractivity contribution in [1.82, 2.24) is 9.62 Å². The maximum atomic E-state index is 12.3. The predicted octanol–water partition coefficient (Wildman–Crippen LogP) is -0.0468. The molecule has 2 saturated heterocycles. The number of rotatable bonds is 3. The van der Waals surface area contributed by atoms with E-state index in [4.69, 9.17) is 4.74 Å². The third kappa shape index (κ3) is 2.84. The molecule has 0 bridgehead atoms. The summed E-state index contributed by atoms with van der Waals surface area (Å²) in [5, 5.41) is 0. The summed E-state index contributed by atoms with van der Waals surface area (Å²) in [6.45, 7) is 2.83. The molecule has 6 nitrogen and oxygen atoms in total. The average molecular weight is 302 g/mol. The molecule has 1 unspecified atom stereocenters. The minimum atomic E-state index is -3.12. The summed E-state index contributed by atoms with van der Waals surface area (Å²) < 4.78 is 30.3. The lowest BCUT2D eigenvalue weighted by Gasteiger charge is -2.45. The van der Waals surface area contributed by atoms with Crippen LogP contribution in [0.15, 0.2) is 0 Å². The summed E-state index contributed by atoms with van der Waals surface area (Å²) in [5.74, 6) is 0.258. The van der Waals surface area contributed by atoms with Crippen LogP contribution in [0.1, 0.15) is 25.7 Å². The second kappa shape index (κ2) is 4.96. The summed E-state index contributed by atoms with van der Waals surface area (Å²) in [6.07, 6.45) is 4.73. The summed E-state index contributed by atoms with van der Waals surface area (Å²) in [5.41, 5.74) is 0.150. The number of hydrogen-bond acceptors (Lipinski definition) is 4. The summed E-state index contributed by atoms with van der Waals surface area (Å²) >= 11 is 0. The van der Waals surface area contributed by atoms with E-state index in [1.165, 1.54) is 6.26 Å². The first kappa shape index (κ1) is 14.3. The third-order valence-electron chi connectivity index (χ3n) is 4.77. The summed E-state index contributed by atoms with van der Waals surface area (Å²) in [4.78, 5) is 14.3. The van der Waals surface area contributed by atoms with Gasteiger partial charge in [-0.2, -0.15) is 0 Å². The summed E-state index contributed by atoms with van der Waals surface area (Å²) in [7, 11) is -3.12. The Hall–Kier alpha value is -0.660. The van der Waals surface area contributed by atoms with Crippen LogP contribution in [0, 0.1) is 11.3 Å². The fourth-order valence-electron chi connectivity index (χ4n) is 3.82. The molecular weight excluding hydrogens is 280 g/mol. The van der Waals surface area contributed by atoms with Crippen LogP contribution >= 0.6 is 0 Å². The Kier molecular flexibility index (Phi) is 3.54. The first-order valence-corrected chi connectivity index (χ1v) is 9.10. The Balaban J connectivity index is 1.52. The number of carbonyl (C=O) groups is 1. The monoisotopic (exact) mass is 302 g/mol. The maximum absolute atomic E-state index is 12.3. The van der Waals surface area contributed by atoms with Crippen LogP contribution in [-0.2, 0) is 19.6 Å². The Morgan fingerprint density at radius 2 is 2.15 bits per heavy atom. The van der Waals surface area contributed by atoms with E-state index in [0.717, 1.165) is 38.8 Å². The van der Waals surface area contributed by atoms with E-state index in [0.29, 0.717) is 13.2 Å². The molecule has 0 aromatic heterocycles. The second-order valence-electron chi connectivity index (χ2n) is 6.57. The van der Waals surface area contributed by atoms with Crippen molar-refractivity contribution >= 4 is 15.9 Å². The van der Waals surface area contributed by atoms with Crippen molar-refractivity contribution in [2.75, 3.05) is 32.6 Å². The average Bonchev–Trinajstić information content (AvgIpc) is 2.93. The predicted molar refractivity (Wildman–Crippen MR) is 73.6 cm³/mol. The second-order valence-corrected chi connectivity index (χ2v) is 8.35. The minimum Gasteiger partial charge on any atom is -0.381 e. The van der Waals surface area contributed by atoms with Crippen molar-refractivity contribution in [3.8, 4) is 0 Å². The van der Waals surface area contributed by atoms with Gasteiger partial charge >= 0.3 is 0 Å². The number of ether oxygens (including phenoxy) is 1. The standard InChI is InChI=1S/C13H22N2O4S/c1-20(17,18)14-11-6-13(7-11)3-4-15(9-13)12(16)10-2-5-19-8-10/h10-11,14H,2-9H2,1H3. The highest BCUT2D eigenvalue weighted by Gasteiger charge is 2.50. The highest BCUT2D eigenvalue weighted by atomic mass is 32.2. The SMILES string of the molecule is CS(=O)(=O)NC1CC2(CCN(C(=O)C3CCOC3)C2)C1. The van der Waals surface area contributed by atoms with Gasteiger partial charge in [0.25, 0.3) is 0 Å². The highest BCUT2D eigenvalue weighted by molar-refractivity contribution is 7.88. The zero-order chi connectivity index (χ0) is 14.4. The van der Waals surface area contributed by atoms with Crippen molar-refractivity contribution in [2.24, 2.45) is 11.3 Å². The highest BCUT2D eigenvalue weighted by Crippen LogP contribution is 2.48. The lowest BCUT2D eigenvalue weighted by atomic mass is 9.65. The van der Waals surface area contributed by atoms with Crippen molar-refractivity contribution in [1.29, 1.82) is 0 Å². The first-order valence-electron chi connectivity index (χ1n) is 7.21. The number of carbonyl (C=O) groups excluding carboxylic acids is 1. The molecule has 0 aromatic carbocycles. The molecule has 7 heteroatoms. The molecule has 3 fully saturated rings. The Labute approximate surface area is 119 Å². The van der Waals surface area contributed by atoms with Crippen LogP contribution < -0.4 is 4.72 Å². The van der Waals surface area contributed by atoms with Crippen molar-refractivity contribution in [3.05, 3.63) is 0 Å². The number of amides is 1. The van der Waals surface area contributed by atoms with E-state index in [-0.39, 0.29) is 23.3 Å². The fourth-order valence-corrected chi connectivity index (χ4v) is 4.59. The van der Waals surface area contributed by atoms with Gasteiger partial charge in [-0.1, -0.05) is 0 Å². The van der Waals surface area contributed by atoms with Crippen LogP contribution in [0.25, 0.3) is 0 Å². The molecule has 1 atom stereocenters. The molecule has 1 saturated carbocycles. The quantitative estimate of drug-likeness (QED) is 0.793. The van der Waals surface area contributed by atoms with Gasteiger partial charge in [-0.25, -0.2) is 13.1 Å². The lowest BCUT2D eigenvalue weighted by molar-refractivity contribution is -0.135. The smallest absolute Gasteiger partial charge is 0.228 e. The Morgan fingerprint density at radius 3 is 2.75 bits per heavy atom. The Bertz CT molecular complexity index is 493. The fraction of sp³-hybridized carbons (Fsp3) is 0.923. The number of likely N-dealkylation sites (tertiary alicyclic amines) is 1. The number of nitrogens with one attached hydrogen (secondary N) is 1. The van der Waals surface area contributed by atoms with Gasteiger partial charge in [-0.05, 0) is 31.1 Å². The number of sulfonamides is 1. The largest absolute Gasteiger partial charge is 0.381 e. The number of nitrogens with zero attached hydrogens (tertiary/aromatic N) is 1. The molecule has 3 aliphatic rings. The van der Waals surface area contributed by atoms with Gasteiger partial charge in [0.15, 0.2) is 0 Å². The summed E-state index contributed by atoms with van der Waals surface area (Å²) in [6, 6.07) is 0.0508. The molecule has 1 spiro atoms. The molecule has 1 aliphatic carbocycles. The van der Waals surface area contributed by atoms with E-state index in [1.807, 2.05) is 4.90 Å². The minimum absolute atomic E-state index is 0.0372. The van der Waals surface area contributed by atoms with Gasteiger partial charge in [0, 0.05) is 25.7 Å². The zero-order valence-corrected chi connectivity index (χ0v) is 12.6. The molecule has 114 valence electrons. The van der Waals surface area contributed by atoms with E-state index >= 15 is 0 Å². The third-order valence-corrected chi connectivity index (χ3v) is 5.53. The molecule has 0 aromatic rings. The molecule has 2 heterocycles. The van der Waals surface area contributed by atoms with Gasteiger partial charge in [-0.15, -0.1) is 0 Å². The molecule has 1 amide bonds. The van der Waals surface area contributed by atoms with Gasteiger partial charge in [0.05, 0.1) is 18.8 Å². The first-order chi connectivity index (χ1) is 9.37. The molecule has 2 aliphatic heterocycles. The van der Waals surface area contributed by atoms with Gasteiger partial charge in [0.1, 0.15) is 0 Å². The molecular formula is C13H22N2O4S. The van der Waals surface area contributed by atoms with Crippen LogP contribution in [-0.4, -0.2) is 57.8 Å². The van der Waals surface area contributed by atoms with E-state index < -0.39 is 10.0 Å². The molecule has 0 radical (unpaired) electrons. The zero-order valence-electron chi connectivity index (χ0n) is 11.8. The van der Waals surface area contributed by atoms with Gasteiger partial charge < -0.3 is 9.64 Å². The van der Waals surface area contributed by atoms with Crippen molar-refractivity contribution in [2.45, 2.75) is 31.7 Å².